The van der Waals surface area contributed by atoms with E-state index in [0.29, 0.717) is 6.42 Å². The van der Waals surface area contributed by atoms with E-state index in [9.17, 15) is 9.90 Å². The van der Waals surface area contributed by atoms with Crippen LogP contribution in [0, 0.1) is 0 Å². The van der Waals surface area contributed by atoms with Crippen molar-refractivity contribution in [3.63, 3.8) is 0 Å². The summed E-state index contributed by atoms with van der Waals surface area (Å²) in [4.78, 5) is 15.9. The number of aromatic nitrogens is 1. The first-order valence-corrected chi connectivity index (χ1v) is 5.31. The molecule has 0 aliphatic carbocycles. The first-order chi connectivity index (χ1) is 8.13. The number of benzene rings is 1. The van der Waals surface area contributed by atoms with Crippen molar-refractivity contribution in [2.45, 2.75) is 12.5 Å². The molecule has 0 aliphatic rings. The minimum Gasteiger partial charge on any atom is -0.544 e. The highest BCUT2D eigenvalue weighted by Gasteiger charge is 2.14. The highest BCUT2D eigenvalue weighted by molar-refractivity contribution is 5.84. The first-order valence-electron chi connectivity index (χ1n) is 5.31. The van der Waals surface area contributed by atoms with Crippen LogP contribution in [0.2, 0.25) is 0 Å². The summed E-state index contributed by atoms with van der Waals surface area (Å²) >= 11 is 0. The molecule has 2 aromatic rings. The monoisotopic (exact) mass is 234 g/mol. The highest BCUT2D eigenvalue weighted by atomic mass is 16.6. The SMILES string of the molecule is COn1cc(C[C@H]([NH3+])C(=O)[O-])c2ccccc21. The van der Waals surface area contributed by atoms with Crippen LogP contribution in [0.15, 0.2) is 30.5 Å². The number of carbonyl (C=O) groups is 1. The molecule has 0 fully saturated rings. The van der Waals surface area contributed by atoms with E-state index < -0.39 is 12.0 Å². The van der Waals surface area contributed by atoms with Gasteiger partial charge in [0, 0.05) is 18.0 Å². The number of carbonyl (C=O) groups excluding carboxylic acids is 1. The van der Waals surface area contributed by atoms with Crippen LogP contribution in [-0.2, 0) is 11.2 Å². The second-order valence-corrected chi connectivity index (χ2v) is 3.90. The Morgan fingerprint density at radius 3 is 2.88 bits per heavy atom. The van der Waals surface area contributed by atoms with Gasteiger partial charge in [-0.15, -0.1) is 0 Å². The number of nitrogens with zero attached hydrogens (tertiary/aromatic N) is 1. The van der Waals surface area contributed by atoms with Gasteiger partial charge in [-0.2, -0.15) is 4.73 Å². The third-order valence-corrected chi connectivity index (χ3v) is 2.76. The zero-order valence-corrected chi connectivity index (χ0v) is 9.55. The number of hydrogen-bond donors (Lipinski definition) is 1. The summed E-state index contributed by atoms with van der Waals surface area (Å²) in [6.07, 6.45) is 2.12. The lowest BCUT2D eigenvalue weighted by atomic mass is 10.1. The van der Waals surface area contributed by atoms with Gasteiger partial charge in [0.05, 0.1) is 11.5 Å². The van der Waals surface area contributed by atoms with Gasteiger partial charge in [0.25, 0.3) is 0 Å². The minimum absolute atomic E-state index is 0.333. The molecule has 1 atom stereocenters. The molecule has 3 N–H and O–H groups in total. The van der Waals surface area contributed by atoms with E-state index >= 15 is 0 Å². The van der Waals surface area contributed by atoms with E-state index in [2.05, 4.69) is 5.73 Å². The molecule has 0 saturated carbocycles. The number of fused-ring (bicyclic) bond motifs is 1. The van der Waals surface area contributed by atoms with Crippen molar-refractivity contribution >= 4 is 16.9 Å². The van der Waals surface area contributed by atoms with Crippen LogP contribution in [-0.4, -0.2) is 23.9 Å². The smallest absolute Gasteiger partial charge is 0.129 e. The lowest BCUT2D eigenvalue weighted by molar-refractivity contribution is -0.436. The molecule has 0 radical (unpaired) electrons. The fourth-order valence-electron chi connectivity index (χ4n) is 1.88. The zero-order chi connectivity index (χ0) is 12.4. The number of carboxylic acid groups (broad SMARTS) is 1. The molecule has 0 bridgehead atoms. The standard InChI is InChI=1S/C12H14N2O3/c1-17-14-7-8(6-10(13)12(15)16)9-4-2-3-5-11(9)14/h2-5,7,10H,6,13H2,1H3,(H,15,16)/t10-/m0/s1. The van der Waals surface area contributed by atoms with E-state index in [1.165, 1.54) is 0 Å². The van der Waals surface area contributed by atoms with E-state index in [-0.39, 0.29) is 0 Å². The Balaban J connectivity index is 2.44. The van der Waals surface area contributed by atoms with Crippen LogP contribution in [0.25, 0.3) is 10.9 Å². The third kappa shape index (κ3) is 2.09. The molecule has 0 aliphatic heterocycles. The molecular weight excluding hydrogens is 220 g/mol. The Bertz CT molecular complexity index is 548. The average Bonchev–Trinajstić information content (AvgIpc) is 2.68. The summed E-state index contributed by atoms with van der Waals surface area (Å²) in [5, 5.41) is 11.7. The Hall–Kier alpha value is -2.01. The van der Waals surface area contributed by atoms with Gasteiger partial charge >= 0.3 is 0 Å². The number of hydrogen-bond acceptors (Lipinski definition) is 3. The van der Waals surface area contributed by atoms with Crippen molar-refractivity contribution in [1.29, 1.82) is 0 Å². The predicted octanol–water partition coefficient (Wildman–Crippen LogP) is -1.40. The van der Waals surface area contributed by atoms with Gasteiger partial charge < -0.3 is 20.5 Å². The van der Waals surface area contributed by atoms with Gasteiger partial charge in [0.15, 0.2) is 0 Å². The van der Waals surface area contributed by atoms with Gasteiger partial charge in [-0.25, -0.2) is 0 Å². The van der Waals surface area contributed by atoms with Crippen molar-refractivity contribution in [3.8, 4) is 0 Å². The van der Waals surface area contributed by atoms with Crippen molar-refractivity contribution in [1.82, 2.24) is 4.73 Å². The van der Waals surface area contributed by atoms with Gasteiger partial charge in [-0.3, -0.25) is 0 Å². The maximum Gasteiger partial charge on any atom is 0.129 e. The summed E-state index contributed by atoms with van der Waals surface area (Å²) in [5.74, 6) is -1.14. The molecule has 1 heterocycles. The topological polar surface area (TPSA) is 81.9 Å². The third-order valence-electron chi connectivity index (χ3n) is 2.76. The van der Waals surface area contributed by atoms with Crippen LogP contribution >= 0.6 is 0 Å². The number of quaternary nitrogens is 1. The Kier molecular flexibility index (Phi) is 3.01. The molecule has 0 spiro atoms. The summed E-state index contributed by atoms with van der Waals surface area (Å²) < 4.78 is 1.62. The second-order valence-electron chi connectivity index (χ2n) is 3.90. The van der Waals surface area contributed by atoms with Gasteiger partial charge in [-0.05, 0) is 11.6 Å². The molecular formula is C12H14N2O3. The van der Waals surface area contributed by atoms with Crippen LogP contribution in [0.5, 0.6) is 0 Å². The lowest BCUT2D eigenvalue weighted by Crippen LogP contribution is -2.69. The van der Waals surface area contributed by atoms with E-state index in [1.807, 2.05) is 24.3 Å². The number of aliphatic carboxylic acids is 1. The van der Waals surface area contributed by atoms with E-state index in [0.717, 1.165) is 16.5 Å². The van der Waals surface area contributed by atoms with Gasteiger partial charge in [0.1, 0.15) is 13.2 Å². The summed E-state index contributed by atoms with van der Waals surface area (Å²) in [5.41, 5.74) is 5.37. The normalized spacial score (nSPS) is 12.6. The Morgan fingerprint density at radius 2 is 2.24 bits per heavy atom. The van der Waals surface area contributed by atoms with Crippen LogP contribution in [0.1, 0.15) is 5.56 Å². The van der Waals surface area contributed by atoms with Gasteiger partial charge in [0.2, 0.25) is 0 Å². The minimum atomic E-state index is -1.14. The fourth-order valence-corrected chi connectivity index (χ4v) is 1.88. The molecule has 1 aromatic heterocycles. The highest BCUT2D eigenvalue weighted by Crippen LogP contribution is 2.21. The molecule has 1 aromatic carbocycles. The van der Waals surface area contributed by atoms with Crippen LogP contribution in [0.4, 0.5) is 0 Å². The van der Waals surface area contributed by atoms with Crippen molar-refractivity contribution in [3.05, 3.63) is 36.0 Å². The number of rotatable bonds is 4. The van der Waals surface area contributed by atoms with E-state index in [1.54, 1.807) is 18.0 Å². The summed E-state index contributed by atoms with van der Waals surface area (Å²) in [7, 11) is 1.57. The number of para-hydroxylation sites is 1. The molecule has 0 saturated heterocycles. The summed E-state index contributed by atoms with van der Waals surface area (Å²) in [6.45, 7) is 0. The maximum absolute atomic E-state index is 10.7. The Labute approximate surface area is 98.4 Å². The van der Waals surface area contributed by atoms with Crippen LogP contribution < -0.4 is 15.7 Å². The Morgan fingerprint density at radius 1 is 1.53 bits per heavy atom. The summed E-state index contributed by atoms with van der Waals surface area (Å²) in [6, 6.07) is 6.90. The van der Waals surface area contributed by atoms with Crippen molar-refractivity contribution in [2.75, 3.05) is 7.11 Å². The van der Waals surface area contributed by atoms with Crippen molar-refractivity contribution in [2.24, 2.45) is 0 Å². The predicted molar refractivity (Wildman–Crippen MR) is 59.8 cm³/mol. The second kappa shape index (κ2) is 4.47. The molecule has 0 unspecified atom stereocenters. The zero-order valence-electron chi connectivity index (χ0n) is 9.55. The van der Waals surface area contributed by atoms with Crippen molar-refractivity contribution < 1.29 is 20.5 Å². The lowest BCUT2D eigenvalue weighted by Gasteiger charge is -2.07. The molecule has 5 heteroatoms. The molecule has 5 nitrogen and oxygen atoms in total. The van der Waals surface area contributed by atoms with Gasteiger partial charge in [-0.1, -0.05) is 18.2 Å². The maximum atomic E-state index is 10.7. The largest absolute Gasteiger partial charge is 0.544 e. The number of carboxylic acids is 1. The fraction of sp³-hybridized carbons (Fsp3) is 0.250. The quantitative estimate of drug-likeness (QED) is 0.706. The molecule has 2 rings (SSSR count). The van der Waals surface area contributed by atoms with E-state index in [4.69, 9.17) is 4.84 Å². The molecule has 17 heavy (non-hydrogen) atoms. The molecule has 90 valence electrons. The average molecular weight is 234 g/mol. The molecule has 0 amide bonds. The van der Waals surface area contributed by atoms with Crippen LogP contribution in [0.3, 0.4) is 0 Å². The first kappa shape index (κ1) is 11.5.